The molecule has 5 atom stereocenters. The lowest BCUT2D eigenvalue weighted by Gasteiger charge is -2.41. The van der Waals surface area contributed by atoms with Gasteiger partial charge in [0.1, 0.15) is 5.78 Å². The van der Waals surface area contributed by atoms with E-state index in [1.807, 2.05) is 13.8 Å². The van der Waals surface area contributed by atoms with Crippen molar-refractivity contribution in [3.63, 3.8) is 0 Å². The number of hydrogen-bond acceptors (Lipinski definition) is 2. The van der Waals surface area contributed by atoms with Gasteiger partial charge in [0.05, 0.1) is 5.60 Å². The third-order valence-corrected chi connectivity index (χ3v) is 6.39. The number of hydrogen-bond donors (Lipinski definition) is 1. The molecular formula is C19H32O2. The van der Waals surface area contributed by atoms with Crippen LogP contribution in [-0.4, -0.2) is 16.5 Å². The van der Waals surface area contributed by atoms with Crippen molar-refractivity contribution < 1.29 is 9.90 Å². The minimum atomic E-state index is -0.668. The lowest BCUT2D eigenvalue weighted by atomic mass is 9.62. The highest BCUT2D eigenvalue weighted by Crippen LogP contribution is 2.56. The van der Waals surface area contributed by atoms with E-state index >= 15 is 0 Å². The zero-order valence-electron chi connectivity index (χ0n) is 14.4. The van der Waals surface area contributed by atoms with E-state index in [0.717, 1.165) is 19.3 Å². The molecule has 1 N–H and O–H groups in total. The molecule has 0 radical (unpaired) electrons. The Bertz CT molecular complexity index is 418. The van der Waals surface area contributed by atoms with Gasteiger partial charge in [-0.25, -0.2) is 0 Å². The number of rotatable bonds is 4. The molecule has 0 aromatic carbocycles. The third-order valence-electron chi connectivity index (χ3n) is 6.39. The zero-order chi connectivity index (χ0) is 15.8. The second kappa shape index (κ2) is 5.87. The van der Waals surface area contributed by atoms with Gasteiger partial charge in [0.15, 0.2) is 0 Å². The van der Waals surface area contributed by atoms with Crippen molar-refractivity contribution in [2.45, 2.75) is 72.3 Å². The van der Waals surface area contributed by atoms with Crippen LogP contribution in [0.4, 0.5) is 0 Å². The van der Waals surface area contributed by atoms with Gasteiger partial charge < -0.3 is 5.11 Å². The van der Waals surface area contributed by atoms with Gasteiger partial charge in [-0.05, 0) is 56.8 Å². The molecule has 2 saturated carbocycles. The van der Waals surface area contributed by atoms with Gasteiger partial charge in [-0.3, -0.25) is 4.79 Å². The van der Waals surface area contributed by atoms with E-state index in [4.69, 9.17) is 0 Å². The molecule has 21 heavy (non-hydrogen) atoms. The lowest BCUT2D eigenvalue weighted by molar-refractivity contribution is -0.129. The third kappa shape index (κ3) is 3.26. The highest BCUT2D eigenvalue weighted by molar-refractivity contribution is 5.83. The Morgan fingerprint density at radius 1 is 1.29 bits per heavy atom. The van der Waals surface area contributed by atoms with Crippen LogP contribution in [0, 0.1) is 29.1 Å². The number of ketones is 1. The molecule has 0 aromatic heterocycles. The summed E-state index contributed by atoms with van der Waals surface area (Å²) in [5.41, 5.74) is -0.462. The molecule has 2 aliphatic carbocycles. The van der Waals surface area contributed by atoms with Crippen LogP contribution in [0.2, 0.25) is 0 Å². The van der Waals surface area contributed by atoms with Gasteiger partial charge in [0.25, 0.3) is 0 Å². The molecule has 0 spiro atoms. The molecule has 0 saturated heterocycles. The number of aliphatic hydroxyl groups is 1. The van der Waals surface area contributed by atoms with E-state index in [2.05, 4.69) is 32.9 Å². The van der Waals surface area contributed by atoms with Gasteiger partial charge >= 0.3 is 0 Å². The van der Waals surface area contributed by atoms with E-state index in [0.29, 0.717) is 23.5 Å². The number of fused-ring (bicyclic) bond motifs is 1. The second-order valence-corrected chi connectivity index (χ2v) is 8.25. The molecule has 0 amide bonds. The van der Waals surface area contributed by atoms with E-state index in [1.165, 1.54) is 12.8 Å². The molecule has 0 aliphatic heterocycles. The van der Waals surface area contributed by atoms with Crippen LogP contribution < -0.4 is 0 Å². The lowest BCUT2D eigenvalue weighted by Crippen LogP contribution is -2.39. The first-order chi connectivity index (χ1) is 9.66. The number of carbonyl (C=O) groups excluding carboxylic acids is 1. The average molecular weight is 292 g/mol. The summed E-state index contributed by atoms with van der Waals surface area (Å²) in [6.45, 7) is 10.4. The van der Waals surface area contributed by atoms with E-state index < -0.39 is 5.60 Å². The first-order valence-corrected chi connectivity index (χ1v) is 8.59. The first kappa shape index (κ1) is 16.7. The maximum atomic E-state index is 12.2. The van der Waals surface area contributed by atoms with E-state index in [-0.39, 0.29) is 11.3 Å². The molecule has 0 bridgehead atoms. The summed E-state index contributed by atoms with van der Waals surface area (Å²) < 4.78 is 0. The maximum absolute atomic E-state index is 12.2. The fourth-order valence-corrected chi connectivity index (χ4v) is 4.55. The minimum absolute atomic E-state index is 0.151. The Balaban J connectivity index is 2.08. The summed E-state index contributed by atoms with van der Waals surface area (Å²) >= 11 is 0. The molecule has 2 nitrogen and oxygen atoms in total. The van der Waals surface area contributed by atoms with Crippen LogP contribution in [0.15, 0.2) is 12.2 Å². The summed E-state index contributed by atoms with van der Waals surface area (Å²) in [6.07, 6.45) is 9.76. The number of allylic oxidation sites excluding steroid dienone is 1. The molecule has 0 aromatic rings. The largest absolute Gasteiger partial charge is 0.390 e. The molecule has 0 heterocycles. The van der Waals surface area contributed by atoms with Gasteiger partial charge in [-0.2, -0.15) is 0 Å². The Morgan fingerprint density at radius 2 is 1.95 bits per heavy atom. The summed E-state index contributed by atoms with van der Waals surface area (Å²) in [4.78, 5) is 12.2. The van der Waals surface area contributed by atoms with Crippen molar-refractivity contribution in [1.29, 1.82) is 0 Å². The molecule has 120 valence electrons. The highest BCUT2D eigenvalue weighted by Gasteiger charge is 2.51. The highest BCUT2D eigenvalue weighted by atomic mass is 16.3. The van der Waals surface area contributed by atoms with Crippen LogP contribution in [0.5, 0.6) is 0 Å². The summed E-state index contributed by atoms with van der Waals surface area (Å²) in [6, 6.07) is 0. The van der Waals surface area contributed by atoms with Gasteiger partial charge in [0.2, 0.25) is 0 Å². The van der Waals surface area contributed by atoms with Crippen molar-refractivity contribution in [3.05, 3.63) is 12.2 Å². The fraction of sp³-hybridized carbons (Fsp3) is 0.842. The summed E-state index contributed by atoms with van der Waals surface area (Å²) in [5, 5.41) is 10.0. The molecule has 2 aliphatic rings. The van der Waals surface area contributed by atoms with Crippen LogP contribution in [0.25, 0.3) is 0 Å². The normalized spacial score (nSPS) is 36.8. The zero-order valence-corrected chi connectivity index (χ0v) is 14.4. The monoisotopic (exact) mass is 292 g/mol. The standard InChI is InChI=1S/C19H32O2/c1-13(8-9-14(2)18(3,4)21)15-10-11-16-17(20)7-6-12-19(15,16)5/h8-9,13-16,21H,6-7,10-12H2,1-5H3/t13?,14-,15+,16-,19+/m0/s1. The van der Waals surface area contributed by atoms with Gasteiger partial charge in [-0.1, -0.05) is 32.9 Å². The van der Waals surface area contributed by atoms with Crippen molar-refractivity contribution >= 4 is 5.78 Å². The summed E-state index contributed by atoms with van der Waals surface area (Å²) in [7, 11) is 0. The average Bonchev–Trinajstić information content (AvgIpc) is 2.73. The van der Waals surface area contributed by atoms with Crippen LogP contribution in [-0.2, 0) is 4.79 Å². The van der Waals surface area contributed by atoms with Crippen molar-refractivity contribution in [2.75, 3.05) is 0 Å². The van der Waals surface area contributed by atoms with Gasteiger partial charge in [0, 0.05) is 18.3 Å². The van der Waals surface area contributed by atoms with Crippen molar-refractivity contribution in [1.82, 2.24) is 0 Å². The Kier molecular flexibility index (Phi) is 4.68. The summed E-state index contributed by atoms with van der Waals surface area (Å²) in [5.74, 6) is 2.05. The van der Waals surface area contributed by atoms with Crippen molar-refractivity contribution in [2.24, 2.45) is 29.1 Å². The number of Topliss-reactive ketones (excluding diaryl/α,β-unsaturated/α-hetero) is 1. The predicted molar refractivity (Wildman–Crippen MR) is 86.9 cm³/mol. The SMILES string of the molecule is CC(C=C[C@H](C)C(C)(C)O)[C@H]1CC[C@H]2C(=O)CCC[C@]12C. The molecule has 2 fully saturated rings. The second-order valence-electron chi connectivity index (χ2n) is 8.25. The van der Waals surface area contributed by atoms with E-state index in [9.17, 15) is 9.90 Å². The Morgan fingerprint density at radius 3 is 2.57 bits per heavy atom. The minimum Gasteiger partial charge on any atom is -0.390 e. The Labute approximate surface area is 130 Å². The number of carbonyl (C=O) groups is 1. The molecular weight excluding hydrogens is 260 g/mol. The smallest absolute Gasteiger partial charge is 0.136 e. The Hall–Kier alpha value is -0.630. The quantitative estimate of drug-likeness (QED) is 0.781. The van der Waals surface area contributed by atoms with Crippen molar-refractivity contribution in [3.8, 4) is 0 Å². The first-order valence-electron chi connectivity index (χ1n) is 8.59. The molecule has 1 unspecified atom stereocenters. The van der Waals surface area contributed by atoms with Crippen LogP contribution in [0.3, 0.4) is 0 Å². The van der Waals surface area contributed by atoms with Crippen LogP contribution >= 0.6 is 0 Å². The van der Waals surface area contributed by atoms with Gasteiger partial charge in [-0.15, -0.1) is 0 Å². The predicted octanol–water partition coefficient (Wildman–Crippen LogP) is 4.37. The molecule has 2 rings (SSSR count). The maximum Gasteiger partial charge on any atom is 0.136 e. The molecule has 2 heteroatoms. The van der Waals surface area contributed by atoms with Crippen LogP contribution in [0.1, 0.15) is 66.7 Å². The fourth-order valence-electron chi connectivity index (χ4n) is 4.55. The van der Waals surface area contributed by atoms with E-state index in [1.54, 1.807) is 0 Å². The topological polar surface area (TPSA) is 37.3 Å².